The molecule has 1 aliphatic heterocycles. The Morgan fingerprint density at radius 1 is 1.03 bits per heavy atom. The molecule has 1 heterocycles. The lowest BCUT2D eigenvalue weighted by Gasteiger charge is -2.20. The smallest absolute Gasteiger partial charge is 0.347 e. The molecule has 0 saturated heterocycles. The molecule has 200 valence electrons. The van der Waals surface area contributed by atoms with E-state index in [2.05, 4.69) is 22.1 Å². The Balaban J connectivity index is 1.89. The van der Waals surface area contributed by atoms with Gasteiger partial charge in [-0.2, -0.15) is 5.10 Å². The first-order valence-corrected chi connectivity index (χ1v) is 15.1. The average molecular weight is 547 g/mol. The van der Waals surface area contributed by atoms with Crippen LogP contribution >= 0.6 is 10.7 Å². The van der Waals surface area contributed by atoms with Gasteiger partial charge in [-0.3, -0.25) is 0 Å². The summed E-state index contributed by atoms with van der Waals surface area (Å²) >= 11 is 0. The van der Waals surface area contributed by atoms with Crippen molar-refractivity contribution in [3.8, 4) is 11.1 Å². The van der Waals surface area contributed by atoms with Crippen LogP contribution in [0, 0.1) is 0 Å². The van der Waals surface area contributed by atoms with Crippen molar-refractivity contribution < 1.29 is 22.7 Å². The average Bonchev–Trinajstić information content (AvgIpc) is 3.17. The molecule has 2 N–H and O–H groups in total. The summed E-state index contributed by atoms with van der Waals surface area (Å²) in [6, 6.07) is 13.3. The van der Waals surface area contributed by atoms with Gasteiger partial charge < -0.3 is 10.1 Å². The maximum atomic E-state index is 12.9. The Bertz CT molecular complexity index is 1300. The van der Waals surface area contributed by atoms with Crippen molar-refractivity contribution in [1.29, 1.82) is 0 Å². The molecule has 0 fully saturated rings. The molecular formula is C26H34N4O5S2. The van der Waals surface area contributed by atoms with E-state index in [4.69, 9.17) is 4.74 Å². The first-order valence-electron chi connectivity index (χ1n) is 12.3. The molecule has 0 spiro atoms. The van der Waals surface area contributed by atoms with Gasteiger partial charge >= 0.3 is 12.0 Å². The Morgan fingerprint density at radius 2 is 1.73 bits per heavy atom. The number of sulfonamides is 1. The van der Waals surface area contributed by atoms with E-state index in [-0.39, 0.29) is 10.9 Å². The van der Waals surface area contributed by atoms with E-state index in [1.807, 2.05) is 42.5 Å². The molecule has 11 heteroatoms. The fourth-order valence-corrected chi connectivity index (χ4v) is 7.23. The third-order valence-corrected chi connectivity index (χ3v) is 9.17. The van der Waals surface area contributed by atoms with Crippen LogP contribution in [0.15, 0.2) is 58.5 Å². The monoisotopic (exact) mass is 546 g/mol. The summed E-state index contributed by atoms with van der Waals surface area (Å²) < 4.78 is 35.2. The molecule has 0 bridgehead atoms. The molecule has 2 aromatic carbocycles. The van der Waals surface area contributed by atoms with Gasteiger partial charge in [0.05, 0.1) is 17.2 Å². The lowest BCUT2D eigenvalue weighted by molar-refractivity contribution is -0.134. The van der Waals surface area contributed by atoms with Crippen LogP contribution in [0.5, 0.6) is 0 Å². The fraction of sp³-hybridized carbons (Fsp3) is 0.385. The van der Waals surface area contributed by atoms with Crippen molar-refractivity contribution in [2.24, 2.45) is 5.10 Å². The van der Waals surface area contributed by atoms with Gasteiger partial charge in [-0.05, 0) is 43.9 Å². The SMILES string of the molecule is CCCNC(=O)NS(=O)(=O)c1ccccc1-c1ccc(CS2=C(C(=O)OCC)C(C)=NN2CCC)cc1. The van der Waals surface area contributed by atoms with Gasteiger partial charge in [0.15, 0.2) is 0 Å². The Morgan fingerprint density at radius 3 is 2.38 bits per heavy atom. The number of nitrogens with one attached hydrogen (secondary N) is 2. The second-order valence-corrected chi connectivity index (χ2v) is 11.9. The van der Waals surface area contributed by atoms with Crippen molar-refractivity contribution in [3.05, 3.63) is 54.1 Å². The van der Waals surface area contributed by atoms with Crippen LogP contribution in [0.3, 0.4) is 0 Å². The molecule has 2 amide bonds. The van der Waals surface area contributed by atoms with Crippen LogP contribution in [0.4, 0.5) is 4.79 Å². The molecule has 0 radical (unpaired) electrons. The molecule has 37 heavy (non-hydrogen) atoms. The predicted octanol–water partition coefficient (Wildman–Crippen LogP) is 4.27. The molecule has 1 atom stereocenters. The van der Waals surface area contributed by atoms with Gasteiger partial charge in [0.2, 0.25) is 0 Å². The molecule has 0 saturated carbocycles. The van der Waals surface area contributed by atoms with E-state index in [1.54, 1.807) is 25.1 Å². The molecular weight excluding hydrogens is 512 g/mol. The molecule has 3 rings (SSSR count). The van der Waals surface area contributed by atoms with Crippen molar-refractivity contribution in [1.82, 2.24) is 14.5 Å². The Kier molecular flexibility index (Phi) is 9.87. The summed E-state index contributed by atoms with van der Waals surface area (Å²) in [4.78, 5) is 25.3. The molecule has 0 aliphatic carbocycles. The zero-order valence-corrected chi connectivity index (χ0v) is 23.2. The van der Waals surface area contributed by atoms with Crippen LogP contribution < -0.4 is 10.0 Å². The van der Waals surface area contributed by atoms with Crippen molar-refractivity contribution >= 4 is 43.3 Å². The number of carbonyl (C=O) groups is 2. The zero-order valence-electron chi connectivity index (χ0n) is 21.6. The predicted molar refractivity (Wildman–Crippen MR) is 149 cm³/mol. The number of carbonyl (C=O) groups excluding carboxylic acids is 2. The second-order valence-electron chi connectivity index (χ2n) is 8.37. The number of nitrogens with zero attached hydrogens (tertiary/aromatic N) is 2. The minimum absolute atomic E-state index is 0.0168. The highest BCUT2D eigenvalue weighted by Gasteiger charge is 2.29. The number of ether oxygens (including phenoxy) is 1. The summed E-state index contributed by atoms with van der Waals surface area (Å²) in [5.74, 6) is 0.242. The second kappa shape index (κ2) is 12.9. The number of rotatable bonds is 11. The minimum Gasteiger partial charge on any atom is -0.462 e. The van der Waals surface area contributed by atoms with E-state index in [0.29, 0.717) is 47.0 Å². The molecule has 1 aliphatic rings. The fourth-order valence-electron chi connectivity index (χ4n) is 3.81. The molecule has 2 aromatic rings. The summed E-state index contributed by atoms with van der Waals surface area (Å²) in [5.41, 5.74) is 2.85. The molecule has 0 aromatic heterocycles. The largest absolute Gasteiger partial charge is 0.462 e. The normalized spacial score (nSPS) is 15.4. The summed E-state index contributed by atoms with van der Waals surface area (Å²) in [6.07, 6.45) is 1.59. The topological polar surface area (TPSA) is 117 Å². The van der Waals surface area contributed by atoms with E-state index < -0.39 is 26.7 Å². The highest BCUT2D eigenvalue weighted by Crippen LogP contribution is 2.34. The highest BCUT2D eigenvalue weighted by molar-refractivity contribution is 8.15. The number of hydrazone groups is 1. The minimum atomic E-state index is -4.08. The number of amides is 2. The first kappa shape index (κ1) is 28.4. The van der Waals surface area contributed by atoms with E-state index in [9.17, 15) is 18.0 Å². The molecule has 1 unspecified atom stereocenters. The standard InChI is InChI=1S/C26H34N4O5S2/c1-5-16-27-26(32)29-37(33,34)23-11-9-8-10-22(23)21-14-12-20(13-15-21)18-36-24(25(31)35-7-3)19(4)28-30(36)17-6-2/h8-15H,5-7,16-18H2,1-4H3,(H2,27,29,32). The lowest BCUT2D eigenvalue weighted by atomic mass is 10.0. The number of esters is 1. The summed E-state index contributed by atoms with van der Waals surface area (Å²) in [6.45, 7) is 8.97. The number of urea groups is 1. The third kappa shape index (κ3) is 6.98. The maximum absolute atomic E-state index is 12.9. The zero-order chi connectivity index (χ0) is 27.0. The van der Waals surface area contributed by atoms with Crippen LogP contribution in [0.25, 0.3) is 11.1 Å². The number of hydrogen-bond donors (Lipinski definition) is 2. The van der Waals surface area contributed by atoms with Crippen LogP contribution in [-0.2, 0) is 25.3 Å². The van der Waals surface area contributed by atoms with E-state index in [1.165, 1.54) is 6.07 Å². The van der Waals surface area contributed by atoms with Gasteiger partial charge in [0.25, 0.3) is 10.0 Å². The van der Waals surface area contributed by atoms with Gasteiger partial charge in [-0.15, -0.1) is 0 Å². The van der Waals surface area contributed by atoms with E-state index in [0.717, 1.165) is 18.5 Å². The van der Waals surface area contributed by atoms with Gasteiger partial charge in [-0.1, -0.05) is 67.0 Å². The van der Waals surface area contributed by atoms with Crippen molar-refractivity contribution in [3.63, 3.8) is 0 Å². The van der Waals surface area contributed by atoms with Gasteiger partial charge in [0, 0.05) is 24.4 Å². The van der Waals surface area contributed by atoms with Gasteiger partial charge in [-0.25, -0.2) is 27.1 Å². The number of benzene rings is 2. The van der Waals surface area contributed by atoms with Crippen molar-refractivity contribution in [2.45, 2.75) is 51.2 Å². The summed E-state index contributed by atoms with van der Waals surface area (Å²) in [7, 11) is -4.65. The lowest BCUT2D eigenvalue weighted by Crippen LogP contribution is -2.39. The quantitative estimate of drug-likeness (QED) is 0.321. The van der Waals surface area contributed by atoms with Gasteiger partial charge in [0.1, 0.15) is 4.86 Å². The first-order chi connectivity index (χ1) is 17.7. The van der Waals surface area contributed by atoms with Crippen LogP contribution in [-0.4, -0.2) is 55.1 Å². The van der Waals surface area contributed by atoms with E-state index >= 15 is 0 Å². The Hall–Kier alpha value is -3.18. The van der Waals surface area contributed by atoms with Crippen LogP contribution in [0.1, 0.15) is 46.1 Å². The van der Waals surface area contributed by atoms with Crippen LogP contribution in [0.2, 0.25) is 0 Å². The highest BCUT2D eigenvalue weighted by atomic mass is 32.2. The maximum Gasteiger partial charge on any atom is 0.347 e. The third-order valence-electron chi connectivity index (χ3n) is 5.46. The number of hydrogen-bond acceptors (Lipinski definition) is 7. The molecule has 9 nitrogen and oxygen atoms in total. The summed E-state index contributed by atoms with van der Waals surface area (Å²) in [5, 5.41) is 7.12. The van der Waals surface area contributed by atoms with Crippen molar-refractivity contribution in [2.75, 3.05) is 19.7 Å². The Labute approximate surface area is 221 Å².